The SMILES string of the molecule is O=C(O)CCCN1CCC(=C2c3ccccc3CCc3ccccc32)CC1. The minimum Gasteiger partial charge on any atom is -0.481 e. The number of benzene rings is 2. The standard InChI is InChI=1S/C24H27NO2/c26-23(27)10-5-15-25-16-13-20(14-17-25)24-21-8-3-1-6-18(21)11-12-19-7-2-4-9-22(19)24/h1-4,6-9H,5,10-17H2,(H,26,27). The molecule has 4 rings (SSSR count). The van der Waals surface area contributed by atoms with Crippen LogP contribution in [0.5, 0.6) is 0 Å². The van der Waals surface area contributed by atoms with Crippen molar-refractivity contribution < 1.29 is 9.90 Å². The molecule has 0 unspecified atom stereocenters. The van der Waals surface area contributed by atoms with Crippen molar-refractivity contribution in [2.75, 3.05) is 19.6 Å². The Balaban J connectivity index is 1.62. The van der Waals surface area contributed by atoms with E-state index < -0.39 is 5.97 Å². The van der Waals surface area contributed by atoms with Gasteiger partial charge in [-0.3, -0.25) is 4.79 Å². The molecule has 3 nitrogen and oxygen atoms in total. The third-order valence-corrected chi connectivity index (χ3v) is 5.92. The molecule has 1 fully saturated rings. The lowest BCUT2D eigenvalue weighted by Gasteiger charge is -2.30. The summed E-state index contributed by atoms with van der Waals surface area (Å²) in [5, 5.41) is 8.84. The van der Waals surface area contributed by atoms with Gasteiger partial charge in [-0.1, -0.05) is 54.1 Å². The Bertz CT molecular complexity index is 809. The Morgan fingerprint density at radius 1 is 0.852 bits per heavy atom. The molecule has 2 aliphatic rings. The molecular formula is C24H27NO2. The molecular weight excluding hydrogens is 334 g/mol. The van der Waals surface area contributed by atoms with Crippen molar-refractivity contribution in [1.29, 1.82) is 0 Å². The highest BCUT2D eigenvalue weighted by atomic mass is 16.4. The van der Waals surface area contributed by atoms with Gasteiger partial charge in [0.15, 0.2) is 0 Å². The van der Waals surface area contributed by atoms with E-state index >= 15 is 0 Å². The van der Waals surface area contributed by atoms with Gasteiger partial charge in [0, 0.05) is 19.5 Å². The highest BCUT2D eigenvalue weighted by molar-refractivity contribution is 5.86. The van der Waals surface area contributed by atoms with Gasteiger partial charge < -0.3 is 10.0 Å². The quantitative estimate of drug-likeness (QED) is 0.869. The van der Waals surface area contributed by atoms with Crippen LogP contribution in [0.4, 0.5) is 0 Å². The van der Waals surface area contributed by atoms with E-state index in [-0.39, 0.29) is 6.42 Å². The summed E-state index contributed by atoms with van der Waals surface area (Å²) >= 11 is 0. The van der Waals surface area contributed by atoms with E-state index in [9.17, 15) is 4.79 Å². The van der Waals surface area contributed by atoms with E-state index in [2.05, 4.69) is 53.4 Å². The van der Waals surface area contributed by atoms with Gasteiger partial charge in [-0.15, -0.1) is 0 Å². The van der Waals surface area contributed by atoms with Crippen LogP contribution in [0.1, 0.15) is 47.9 Å². The summed E-state index contributed by atoms with van der Waals surface area (Å²) in [6.45, 7) is 2.95. The van der Waals surface area contributed by atoms with E-state index in [4.69, 9.17) is 5.11 Å². The van der Waals surface area contributed by atoms with Crippen LogP contribution in [-0.2, 0) is 17.6 Å². The predicted octanol–water partition coefficient (Wildman–Crippen LogP) is 4.55. The lowest BCUT2D eigenvalue weighted by Crippen LogP contribution is -2.32. The zero-order valence-corrected chi connectivity index (χ0v) is 15.8. The number of likely N-dealkylation sites (tertiary alicyclic amines) is 1. The third kappa shape index (κ3) is 3.98. The average Bonchev–Trinajstić information content (AvgIpc) is 2.85. The Labute approximate surface area is 161 Å². The maximum atomic E-state index is 10.7. The van der Waals surface area contributed by atoms with Crippen molar-refractivity contribution in [2.24, 2.45) is 0 Å². The minimum atomic E-state index is -0.693. The first kappa shape index (κ1) is 18.0. The fourth-order valence-corrected chi connectivity index (χ4v) is 4.51. The number of carboxylic acid groups (broad SMARTS) is 1. The largest absolute Gasteiger partial charge is 0.481 e. The van der Waals surface area contributed by atoms with Crippen molar-refractivity contribution >= 4 is 11.5 Å². The van der Waals surface area contributed by atoms with Crippen molar-refractivity contribution in [1.82, 2.24) is 4.90 Å². The van der Waals surface area contributed by atoms with E-state index in [1.165, 1.54) is 27.8 Å². The average molecular weight is 361 g/mol. The fraction of sp³-hybridized carbons (Fsp3) is 0.375. The molecule has 1 aliphatic carbocycles. The predicted molar refractivity (Wildman–Crippen MR) is 109 cm³/mol. The van der Waals surface area contributed by atoms with Gasteiger partial charge in [-0.2, -0.15) is 0 Å². The van der Waals surface area contributed by atoms with Crippen LogP contribution >= 0.6 is 0 Å². The molecule has 1 heterocycles. The zero-order chi connectivity index (χ0) is 18.6. The molecule has 3 heteroatoms. The first-order valence-corrected chi connectivity index (χ1v) is 10.0. The Morgan fingerprint density at radius 3 is 1.96 bits per heavy atom. The molecule has 2 aromatic rings. The summed E-state index contributed by atoms with van der Waals surface area (Å²) < 4.78 is 0. The van der Waals surface area contributed by atoms with Crippen LogP contribution in [0.25, 0.3) is 5.57 Å². The molecule has 0 amide bonds. The van der Waals surface area contributed by atoms with Crippen LogP contribution in [-0.4, -0.2) is 35.6 Å². The van der Waals surface area contributed by atoms with E-state index in [1.807, 2.05) is 0 Å². The Kier molecular flexibility index (Phi) is 5.40. The van der Waals surface area contributed by atoms with Crippen molar-refractivity contribution in [3.05, 3.63) is 76.4 Å². The molecule has 0 radical (unpaired) electrons. The van der Waals surface area contributed by atoms with Crippen LogP contribution in [0, 0.1) is 0 Å². The summed E-state index contributed by atoms with van der Waals surface area (Å²) in [6.07, 6.45) is 5.37. The summed E-state index contributed by atoms with van der Waals surface area (Å²) in [5.41, 5.74) is 8.77. The molecule has 0 aromatic heterocycles. The molecule has 1 N–H and O–H groups in total. The van der Waals surface area contributed by atoms with E-state index in [1.54, 1.807) is 5.57 Å². The van der Waals surface area contributed by atoms with Crippen LogP contribution < -0.4 is 0 Å². The smallest absolute Gasteiger partial charge is 0.303 e. The summed E-state index contributed by atoms with van der Waals surface area (Å²) in [5.74, 6) is -0.693. The monoisotopic (exact) mass is 361 g/mol. The number of fused-ring (bicyclic) bond motifs is 2. The number of piperidine rings is 1. The maximum Gasteiger partial charge on any atom is 0.303 e. The summed E-state index contributed by atoms with van der Waals surface area (Å²) in [4.78, 5) is 13.2. The molecule has 0 bridgehead atoms. The van der Waals surface area contributed by atoms with Gasteiger partial charge in [0.05, 0.1) is 0 Å². The summed E-state index contributed by atoms with van der Waals surface area (Å²) in [6, 6.07) is 17.8. The van der Waals surface area contributed by atoms with Gasteiger partial charge in [-0.05, 0) is 66.5 Å². The first-order valence-electron chi connectivity index (χ1n) is 10.0. The molecule has 27 heavy (non-hydrogen) atoms. The van der Waals surface area contributed by atoms with Gasteiger partial charge in [-0.25, -0.2) is 0 Å². The van der Waals surface area contributed by atoms with Crippen molar-refractivity contribution in [3.63, 3.8) is 0 Å². The summed E-state index contributed by atoms with van der Waals surface area (Å²) in [7, 11) is 0. The number of carboxylic acids is 1. The van der Waals surface area contributed by atoms with Gasteiger partial charge in [0.2, 0.25) is 0 Å². The minimum absolute atomic E-state index is 0.269. The number of hydrogen-bond acceptors (Lipinski definition) is 2. The first-order chi connectivity index (χ1) is 13.2. The Hall–Kier alpha value is -2.39. The topological polar surface area (TPSA) is 40.5 Å². The molecule has 1 aliphatic heterocycles. The highest BCUT2D eigenvalue weighted by Crippen LogP contribution is 2.38. The number of nitrogens with zero attached hydrogens (tertiary/aromatic N) is 1. The molecule has 0 spiro atoms. The second-order valence-corrected chi connectivity index (χ2v) is 7.63. The van der Waals surface area contributed by atoms with Crippen molar-refractivity contribution in [2.45, 2.75) is 38.5 Å². The van der Waals surface area contributed by atoms with Crippen LogP contribution in [0.2, 0.25) is 0 Å². The number of hydrogen-bond donors (Lipinski definition) is 1. The Morgan fingerprint density at radius 2 is 1.41 bits per heavy atom. The third-order valence-electron chi connectivity index (χ3n) is 5.92. The van der Waals surface area contributed by atoms with E-state index in [0.717, 1.165) is 51.7 Å². The number of aliphatic carboxylic acids is 1. The molecule has 0 atom stereocenters. The van der Waals surface area contributed by atoms with Crippen LogP contribution in [0.15, 0.2) is 54.1 Å². The van der Waals surface area contributed by atoms with Gasteiger partial charge in [0.25, 0.3) is 0 Å². The van der Waals surface area contributed by atoms with Gasteiger partial charge >= 0.3 is 5.97 Å². The lowest BCUT2D eigenvalue weighted by molar-refractivity contribution is -0.137. The molecule has 1 saturated heterocycles. The number of aryl methyl sites for hydroxylation is 2. The number of carbonyl (C=O) groups is 1. The lowest BCUT2D eigenvalue weighted by atomic mass is 9.86. The molecule has 2 aromatic carbocycles. The molecule has 0 saturated carbocycles. The molecule has 140 valence electrons. The van der Waals surface area contributed by atoms with E-state index in [0.29, 0.717) is 0 Å². The second-order valence-electron chi connectivity index (χ2n) is 7.63. The maximum absolute atomic E-state index is 10.7. The number of rotatable bonds is 4. The van der Waals surface area contributed by atoms with Crippen LogP contribution in [0.3, 0.4) is 0 Å². The van der Waals surface area contributed by atoms with Crippen molar-refractivity contribution in [3.8, 4) is 0 Å². The zero-order valence-electron chi connectivity index (χ0n) is 15.8. The highest BCUT2D eigenvalue weighted by Gasteiger charge is 2.23. The second kappa shape index (κ2) is 8.10. The van der Waals surface area contributed by atoms with Gasteiger partial charge in [0.1, 0.15) is 0 Å². The normalized spacial score (nSPS) is 17.2. The fourth-order valence-electron chi connectivity index (χ4n) is 4.51.